The zero-order chi connectivity index (χ0) is 13.3. The van der Waals surface area contributed by atoms with E-state index in [1.807, 2.05) is 12.1 Å². The highest BCUT2D eigenvalue weighted by molar-refractivity contribution is 6.30. The molecular weight excluding hydrogens is 242 g/mol. The van der Waals surface area contributed by atoms with Crippen molar-refractivity contribution in [2.45, 2.75) is 32.7 Å². The Hall–Kier alpha value is -0.790. The number of hydrogen-bond donors (Lipinski definition) is 0. The van der Waals surface area contributed by atoms with E-state index in [2.05, 4.69) is 44.4 Å². The fourth-order valence-corrected chi connectivity index (χ4v) is 2.44. The van der Waals surface area contributed by atoms with Crippen LogP contribution in [0.15, 0.2) is 36.4 Å². The minimum atomic E-state index is 0.423. The van der Waals surface area contributed by atoms with Crippen LogP contribution in [0.3, 0.4) is 0 Å². The zero-order valence-corrected chi connectivity index (χ0v) is 12.2. The minimum absolute atomic E-state index is 0.423. The summed E-state index contributed by atoms with van der Waals surface area (Å²) in [6, 6.07) is 8.95. The van der Waals surface area contributed by atoms with Gasteiger partial charge in [-0.15, -0.1) is 0 Å². The predicted molar refractivity (Wildman–Crippen MR) is 79.2 cm³/mol. The van der Waals surface area contributed by atoms with Crippen LogP contribution >= 0.6 is 11.6 Å². The van der Waals surface area contributed by atoms with Crippen molar-refractivity contribution in [2.75, 3.05) is 13.1 Å². The number of hydrogen-bond acceptors (Lipinski definition) is 1. The molecule has 1 aromatic rings. The Morgan fingerprint density at radius 3 is 2.39 bits per heavy atom. The van der Waals surface area contributed by atoms with Crippen molar-refractivity contribution in [3.05, 3.63) is 47.0 Å². The largest absolute Gasteiger partial charge is 0.297 e. The molecule has 2 heteroatoms. The lowest BCUT2D eigenvalue weighted by atomic mass is 9.85. The molecule has 0 aliphatic carbocycles. The van der Waals surface area contributed by atoms with Gasteiger partial charge < -0.3 is 0 Å². The summed E-state index contributed by atoms with van der Waals surface area (Å²) in [5, 5.41) is 0.799. The third-order valence-corrected chi connectivity index (χ3v) is 4.12. The van der Waals surface area contributed by atoms with Gasteiger partial charge in [-0.05, 0) is 30.5 Å². The van der Waals surface area contributed by atoms with Crippen LogP contribution in [0.5, 0.6) is 0 Å². The summed E-state index contributed by atoms with van der Waals surface area (Å²) < 4.78 is 0. The summed E-state index contributed by atoms with van der Waals surface area (Å²) in [5.74, 6) is 0.938. The molecule has 3 atom stereocenters. The number of halogens is 1. The maximum atomic E-state index is 5.97. The summed E-state index contributed by atoms with van der Waals surface area (Å²) in [6.07, 6.45) is 0. The van der Waals surface area contributed by atoms with Crippen LogP contribution in [0.2, 0.25) is 5.02 Å². The van der Waals surface area contributed by atoms with Gasteiger partial charge in [-0.25, -0.2) is 0 Å². The highest BCUT2D eigenvalue weighted by Crippen LogP contribution is 2.33. The van der Waals surface area contributed by atoms with Crippen LogP contribution in [0.25, 0.3) is 0 Å². The Balaban J connectivity index is 2.17. The monoisotopic (exact) mass is 263 g/mol. The van der Waals surface area contributed by atoms with Crippen molar-refractivity contribution in [3.63, 3.8) is 0 Å². The molecule has 0 N–H and O–H groups in total. The fraction of sp³-hybridized carbons (Fsp3) is 0.500. The maximum absolute atomic E-state index is 5.97. The van der Waals surface area contributed by atoms with Crippen molar-refractivity contribution >= 4 is 11.6 Å². The minimum Gasteiger partial charge on any atom is -0.297 e. The molecule has 0 aromatic heterocycles. The smallest absolute Gasteiger partial charge is 0.0406 e. The van der Waals surface area contributed by atoms with Crippen molar-refractivity contribution in [1.82, 2.24) is 4.90 Å². The molecule has 0 radical (unpaired) electrons. The normalized spacial score (nSPS) is 24.1. The first-order chi connectivity index (χ1) is 8.49. The third kappa shape index (κ3) is 3.15. The summed E-state index contributed by atoms with van der Waals surface area (Å²) in [5.41, 5.74) is 2.65. The first-order valence-electron chi connectivity index (χ1n) is 6.67. The Kier molecular flexibility index (Phi) is 4.14. The molecule has 0 bridgehead atoms. The van der Waals surface area contributed by atoms with E-state index in [0.29, 0.717) is 11.8 Å². The molecule has 1 aliphatic heterocycles. The molecule has 18 heavy (non-hydrogen) atoms. The van der Waals surface area contributed by atoms with Gasteiger partial charge in [-0.3, -0.25) is 4.90 Å². The van der Waals surface area contributed by atoms with Gasteiger partial charge in [-0.1, -0.05) is 49.7 Å². The van der Waals surface area contributed by atoms with Crippen molar-refractivity contribution in [2.24, 2.45) is 5.92 Å². The van der Waals surface area contributed by atoms with Gasteiger partial charge in [-0.2, -0.15) is 0 Å². The second-order valence-electron chi connectivity index (χ2n) is 5.64. The molecule has 1 saturated heterocycles. The van der Waals surface area contributed by atoms with E-state index >= 15 is 0 Å². The van der Waals surface area contributed by atoms with Gasteiger partial charge in [0.25, 0.3) is 0 Å². The average molecular weight is 264 g/mol. The van der Waals surface area contributed by atoms with E-state index in [1.165, 1.54) is 17.7 Å². The molecular formula is C16H22ClN. The van der Waals surface area contributed by atoms with Gasteiger partial charge in [0.15, 0.2) is 0 Å². The van der Waals surface area contributed by atoms with E-state index in [0.717, 1.165) is 17.6 Å². The number of benzene rings is 1. The quantitative estimate of drug-likeness (QED) is 0.564. The lowest BCUT2D eigenvalue weighted by Crippen LogP contribution is -2.17. The number of nitrogens with zero attached hydrogens (tertiary/aromatic N) is 1. The van der Waals surface area contributed by atoms with Gasteiger partial charge in [0, 0.05) is 30.1 Å². The van der Waals surface area contributed by atoms with E-state index in [-0.39, 0.29) is 0 Å². The van der Waals surface area contributed by atoms with E-state index < -0.39 is 0 Å². The van der Waals surface area contributed by atoms with Crippen LogP contribution in [-0.4, -0.2) is 24.0 Å². The summed E-state index contributed by atoms with van der Waals surface area (Å²) in [7, 11) is 0. The van der Waals surface area contributed by atoms with E-state index in [9.17, 15) is 0 Å². The summed E-state index contributed by atoms with van der Waals surface area (Å²) in [4.78, 5) is 2.49. The lowest BCUT2D eigenvalue weighted by Gasteiger charge is -2.23. The van der Waals surface area contributed by atoms with Crippen LogP contribution in [0.4, 0.5) is 0 Å². The molecule has 2 rings (SSSR count). The summed E-state index contributed by atoms with van der Waals surface area (Å²) >= 11 is 5.97. The molecule has 0 spiro atoms. The molecule has 1 nitrogen and oxygen atoms in total. The van der Waals surface area contributed by atoms with Crippen LogP contribution < -0.4 is 0 Å². The molecule has 1 heterocycles. The molecule has 0 amide bonds. The maximum Gasteiger partial charge on any atom is 0.0406 e. The van der Waals surface area contributed by atoms with Crippen LogP contribution in [0, 0.1) is 5.92 Å². The Bertz CT molecular complexity index is 421. The molecule has 1 aliphatic rings. The average Bonchev–Trinajstić information content (AvgIpc) is 3.02. The highest BCUT2D eigenvalue weighted by atomic mass is 35.5. The predicted octanol–water partition coefficient (Wildman–Crippen LogP) is 4.34. The van der Waals surface area contributed by atoms with Crippen molar-refractivity contribution < 1.29 is 0 Å². The summed E-state index contributed by atoms with van der Waals surface area (Å²) in [6.45, 7) is 13.3. The fourth-order valence-electron chi connectivity index (χ4n) is 2.32. The molecule has 0 saturated carbocycles. The Morgan fingerprint density at radius 2 is 1.94 bits per heavy atom. The second kappa shape index (κ2) is 5.46. The third-order valence-electron chi connectivity index (χ3n) is 3.87. The van der Waals surface area contributed by atoms with Gasteiger partial charge in [0.1, 0.15) is 0 Å². The van der Waals surface area contributed by atoms with E-state index in [1.54, 1.807) is 0 Å². The highest BCUT2D eigenvalue weighted by Gasteiger charge is 2.32. The van der Waals surface area contributed by atoms with Crippen LogP contribution in [-0.2, 0) is 0 Å². The van der Waals surface area contributed by atoms with Crippen molar-refractivity contribution in [3.8, 4) is 0 Å². The number of rotatable bonds is 5. The first-order valence-corrected chi connectivity index (χ1v) is 7.05. The lowest BCUT2D eigenvalue weighted by molar-refractivity contribution is 0.469. The van der Waals surface area contributed by atoms with Crippen LogP contribution in [0.1, 0.15) is 32.3 Å². The van der Waals surface area contributed by atoms with Crippen molar-refractivity contribution in [1.29, 1.82) is 0 Å². The SMILES string of the molecule is C=C(C(C)C)C(CN1CC1C)c1ccc(Cl)cc1. The first kappa shape index (κ1) is 13.6. The standard InChI is InChI=1S/C16H22ClN/c1-11(2)13(4)16(10-18-9-12(18)3)14-5-7-15(17)8-6-14/h5-8,11-12,16H,4,9-10H2,1-3H3. The molecule has 1 fully saturated rings. The van der Waals surface area contributed by atoms with Gasteiger partial charge >= 0.3 is 0 Å². The van der Waals surface area contributed by atoms with Gasteiger partial charge in [0.2, 0.25) is 0 Å². The van der Waals surface area contributed by atoms with E-state index in [4.69, 9.17) is 11.6 Å². The second-order valence-corrected chi connectivity index (χ2v) is 6.07. The van der Waals surface area contributed by atoms with Gasteiger partial charge in [0.05, 0.1) is 0 Å². The molecule has 3 unspecified atom stereocenters. The molecule has 1 aromatic carbocycles. The molecule has 98 valence electrons. The zero-order valence-electron chi connectivity index (χ0n) is 11.5. The Labute approximate surface area is 115 Å². The topological polar surface area (TPSA) is 3.01 Å². The Morgan fingerprint density at radius 1 is 1.39 bits per heavy atom.